The minimum absolute atomic E-state index is 0.339. The van der Waals surface area contributed by atoms with E-state index in [0.717, 1.165) is 11.3 Å². The normalized spacial score (nSPS) is 18.1. The minimum Gasteiger partial charge on any atom is -0.462 e. The Labute approximate surface area is 98.3 Å². The number of hydrogen-bond acceptors (Lipinski definition) is 4. The Morgan fingerprint density at radius 3 is 3.25 bits per heavy atom. The topological polar surface area (TPSA) is 51.2 Å². The number of esters is 1. The van der Waals surface area contributed by atoms with Crippen LogP contribution in [0, 0.1) is 0 Å². The SMILES string of the molecule is CCOC(=O)C1=CC(Cl)Nc2ccncc21. The van der Waals surface area contributed by atoms with E-state index in [1.165, 1.54) is 0 Å². The Balaban J connectivity index is 2.39. The molecular formula is C11H11ClN2O2. The summed E-state index contributed by atoms with van der Waals surface area (Å²) >= 11 is 5.97. The molecule has 2 rings (SSSR count). The van der Waals surface area contributed by atoms with Crippen LogP contribution in [0.3, 0.4) is 0 Å². The van der Waals surface area contributed by atoms with Crippen molar-refractivity contribution in [2.45, 2.75) is 12.4 Å². The molecule has 0 saturated heterocycles. The van der Waals surface area contributed by atoms with Crippen LogP contribution in [0.1, 0.15) is 12.5 Å². The van der Waals surface area contributed by atoms with Gasteiger partial charge in [-0.2, -0.15) is 0 Å². The summed E-state index contributed by atoms with van der Waals surface area (Å²) in [5.41, 5.74) is 1.57. The second-order valence-electron chi connectivity index (χ2n) is 3.27. The van der Waals surface area contributed by atoms with Crippen molar-refractivity contribution >= 4 is 28.8 Å². The zero-order valence-electron chi connectivity index (χ0n) is 8.74. The lowest BCUT2D eigenvalue weighted by Gasteiger charge is -2.21. The van der Waals surface area contributed by atoms with Crippen molar-refractivity contribution in [1.29, 1.82) is 0 Å². The van der Waals surface area contributed by atoms with Gasteiger partial charge in [-0.05, 0) is 19.1 Å². The number of nitrogens with zero attached hydrogens (tertiary/aromatic N) is 1. The van der Waals surface area contributed by atoms with E-state index >= 15 is 0 Å². The molecule has 1 aromatic heterocycles. The second-order valence-corrected chi connectivity index (χ2v) is 3.74. The van der Waals surface area contributed by atoms with Gasteiger partial charge in [0.2, 0.25) is 0 Å². The van der Waals surface area contributed by atoms with Crippen LogP contribution in [0.2, 0.25) is 0 Å². The summed E-state index contributed by atoms with van der Waals surface area (Å²) < 4.78 is 4.97. The first-order valence-corrected chi connectivity index (χ1v) is 5.40. The molecule has 1 aromatic rings. The molecule has 0 aliphatic carbocycles. The smallest absolute Gasteiger partial charge is 0.338 e. The third-order valence-electron chi connectivity index (χ3n) is 2.21. The van der Waals surface area contributed by atoms with Crippen molar-refractivity contribution in [2.75, 3.05) is 11.9 Å². The highest BCUT2D eigenvalue weighted by molar-refractivity contribution is 6.27. The van der Waals surface area contributed by atoms with Gasteiger partial charge in [0.15, 0.2) is 0 Å². The summed E-state index contributed by atoms with van der Waals surface area (Å²) in [7, 11) is 0. The molecule has 0 saturated carbocycles. The molecule has 0 fully saturated rings. The summed E-state index contributed by atoms with van der Waals surface area (Å²) in [5, 5.41) is 3.03. The highest BCUT2D eigenvalue weighted by atomic mass is 35.5. The third kappa shape index (κ3) is 2.02. The number of pyridine rings is 1. The Hall–Kier alpha value is -1.55. The number of nitrogens with one attached hydrogen (secondary N) is 1. The van der Waals surface area contributed by atoms with Gasteiger partial charge in [0.1, 0.15) is 5.50 Å². The lowest BCUT2D eigenvalue weighted by atomic mass is 10.0. The van der Waals surface area contributed by atoms with Crippen molar-refractivity contribution in [2.24, 2.45) is 0 Å². The molecule has 1 aliphatic heterocycles. The van der Waals surface area contributed by atoms with Gasteiger partial charge in [-0.25, -0.2) is 4.79 Å². The molecule has 84 valence electrons. The number of ether oxygens (including phenoxy) is 1. The molecule has 4 nitrogen and oxygen atoms in total. The number of fused-ring (bicyclic) bond motifs is 1. The van der Waals surface area contributed by atoms with E-state index in [1.807, 2.05) is 0 Å². The zero-order valence-corrected chi connectivity index (χ0v) is 9.49. The van der Waals surface area contributed by atoms with Crippen LogP contribution in [-0.4, -0.2) is 23.1 Å². The maximum Gasteiger partial charge on any atom is 0.338 e. The van der Waals surface area contributed by atoms with Crippen LogP contribution < -0.4 is 5.32 Å². The molecule has 16 heavy (non-hydrogen) atoms. The standard InChI is InChI=1S/C11H11ClN2O2/c1-2-16-11(15)7-5-10(12)14-9-3-4-13-6-8(7)9/h3-6,10,14H,2H2,1H3. The Bertz CT molecular complexity index is 445. The first-order chi connectivity index (χ1) is 7.72. The molecule has 1 N–H and O–H groups in total. The number of anilines is 1. The molecule has 0 bridgehead atoms. The molecule has 1 atom stereocenters. The Morgan fingerprint density at radius 1 is 1.69 bits per heavy atom. The fourth-order valence-electron chi connectivity index (χ4n) is 1.55. The summed E-state index contributed by atoms with van der Waals surface area (Å²) in [6, 6.07) is 1.77. The van der Waals surface area contributed by atoms with Crippen LogP contribution in [0.25, 0.3) is 5.57 Å². The van der Waals surface area contributed by atoms with Crippen LogP contribution in [0.15, 0.2) is 24.5 Å². The van der Waals surface area contributed by atoms with Crippen molar-refractivity contribution in [3.63, 3.8) is 0 Å². The summed E-state index contributed by atoms with van der Waals surface area (Å²) in [5.74, 6) is -0.371. The van der Waals surface area contributed by atoms with E-state index in [9.17, 15) is 4.79 Å². The van der Waals surface area contributed by atoms with Gasteiger partial charge >= 0.3 is 5.97 Å². The van der Waals surface area contributed by atoms with Gasteiger partial charge in [-0.1, -0.05) is 11.6 Å². The minimum atomic E-state index is -0.408. The van der Waals surface area contributed by atoms with Crippen molar-refractivity contribution in [3.8, 4) is 0 Å². The molecule has 2 heterocycles. The van der Waals surface area contributed by atoms with Crippen LogP contribution in [0.4, 0.5) is 5.69 Å². The summed E-state index contributed by atoms with van der Waals surface area (Å²) in [6.07, 6.45) is 4.89. The Morgan fingerprint density at radius 2 is 2.50 bits per heavy atom. The monoisotopic (exact) mass is 238 g/mol. The quantitative estimate of drug-likeness (QED) is 0.487. The fourth-order valence-corrected chi connectivity index (χ4v) is 1.79. The molecule has 0 amide bonds. The van der Waals surface area contributed by atoms with Crippen LogP contribution in [-0.2, 0) is 9.53 Å². The number of carbonyl (C=O) groups excluding carboxylic acids is 1. The second kappa shape index (κ2) is 4.53. The number of carbonyl (C=O) groups is 1. The number of rotatable bonds is 2. The summed E-state index contributed by atoms with van der Waals surface area (Å²) in [6.45, 7) is 2.11. The summed E-state index contributed by atoms with van der Waals surface area (Å²) in [4.78, 5) is 15.7. The zero-order chi connectivity index (χ0) is 11.5. The number of hydrogen-bond donors (Lipinski definition) is 1. The van der Waals surface area contributed by atoms with E-state index in [-0.39, 0.29) is 5.97 Å². The lowest BCUT2D eigenvalue weighted by molar-refractivity contribution is -0.136. The molecule has 5 heteroatoms. The van der Waals surface area contributed by atoms with E-state index < -0.39 is 5.50 Å². The van der Waals surface area contributed by atoms with E-state index in [4.69, 9.17) is 16.3 Å². The van der Waals surface area contributed by atoms with Crippen LogP contribution >= 0.6 is 11.6 Å². The number of halogens is 1. The molecule has 0 aromatic carbocycles. The molecule has 1 aliphatic rings. The molecular weight excluding hydrogens is 228 g/mol. The van der Waals surface area contributed by atoms with Crippen molar-refractivity contribution in [3.05, 3.63) is 30.1 Å². The highest BCUT2D eigenvalue weighted by Gasteiger charge is 2.23. The molecule has 1 unspecified atom stereocenters. The van der Waals surface area contributed by atoms with Crippen molar-refractivity contribution in [1.82, 2.24) is 4.98 Å². The third-order valence-corrected chi connectivity index (χ3v) is 2.45. The maximum atomic E-state index is 11.7. The van der Waals surface area contributed by atoms with Gasteiger partial charge < -0.3 is 10.1 Å². The van der Waals surface area contributed by atoms with Gasteiger partial charge in [-0.15, -0.1) is 0 Å². The van der Waals surface area contributed by atoms with Gasteiger partial charge in [0.25, 0.3) is 0 Å². The van der Waals surface area contributed by atoms with E-state index in [1.54, 1.807) is 31.5 Å². The first-order valence-electron chi connectivity index (χ1n) is 4.96. The average molecular weight is 239 g/mol. The first kappa shape index (κ1) is 11.0. The van der Waals surface area contributed by atoms with Gasteiger partial charge in [0, 0.05) is 23.6 Å². The van der Waals surface area contributed by atoms with Crippen molar-refractivity contribution < 1.29 is 9.53 Å². The molecule has 0 spiro atoms. The molecule has 0 radical (unpaired) electrons. The fraction of sp³-hybridized carbons (Fsp3) is 0.273. The predicted molar refractivity (Wildman–Crippen MR) is 62.1 cm³/mol. The van der Waals surface area contributed by atoms with Gasteiger partial charge in [-0.3, -0.25) is 4.98 Å². The Kier molecular flexibility index (Phi) is 3.10. The predicted octanol–water partition coefficient (Wildman–Crippen LogP) is 2.02. The van der Waals surface area contributed by atoms with Gasteiger partial charge in [0.05, 0.1) is 12.2 Å². The maximum absolute atomic E-state index is 11.7. The largest absolute Gasteiger partial charge is 0.462 e. The average Bonchev–Trinajstić information content (AvgIpc) is 2.28. The highest BCUT2D eigenvalue weighted by Crippen LogP contribution is 2.30. The van der Waals surface area contributed by atoms with E-state index in [2.05, 4.69) is 10.3 Å². The van der Waals surface area contributed by atoms with E-state index in [0.29, 0.717) is 12.2 Å². The number of aromatic nitrogens is 1. The van der Waals surface area contributed by atoms with Crippen LogP contribution in [0.5, 0.6) is 0 Å². The number of alkyl halides is 1. The lowest BCUT2D eigenvalue weighted by Crippen LogP contribution is -2.20.